The number of para-hydroxylation sites is 1. The molecule has 2 bridgehead atoms. The maximum Gasteiger partial charge on any atom is 0.387 e. The van der Waals surface area contributed by atoms with Crippen LogP contribution in [-0.4, -0.2) is 55.4 Å². The van der Waals surface area contributed by atoms with Gasteiger partial charge in [0, 0.05) is 54.7 Å². The number of anilines is 1. The minimum absolute atomic E-state index is 0.00143. The summed E-state index contributed by atoms with van der Waals surface area (Å²) in [6, 6.07) is 8.75. The number of rotatable bonds is 6. The first-order valence-electron chi connectivity index (χ1n) is 13.5. The van der Waals surface area contributed by atoms with Crippen LogP contribution in [0.25, 0.3) is 22.2 Å². The van der Waals surface area contributed by atoms with E-state index < -0.39 is 30.5 Å². The molecule has 3 aliphatic rings. The zero-order chi connectivity index (χ0) is 28.4. The van der Waals surface area contributed by atoms with Gasteiger partial charge in [-0.2, -0.15) is 8.78 Å². The Morgan fingerprint density at radius 3 is 2.46 bits per heavy atom. The van der Waals surface area contributed by atoms with E-state index in [2.05, 4.69) is 15.0 Å². The fraction of sp³-hybridized carbons (Fsp3) is 0.379. The van der Waals surface area contributed by atoms with Crippen LogP contribution >= 0.6 is 0 Å². The van der Waals surface area contributed by atoms with E-state index >= 15 is 4.39 Å². The van der Waals surface area contributed by atoms with Gasteiger partial charge in [0.15, 0.2) is 0 Å². The summed E-state index contributed by atoms with van der Waals surface area (Å²) in [7, 11) is 0. The molecule has 1 aliphatic carbocycles. The maximum atomic E-state index is 15.3. The Hall–Kier alpha value is -4.19. The van der Waals surface area contributed by atoms with Crippen molar-refractivity contribution in [1.82, 2.24) is 19.5 Å². The lowest BCUT2D eigenvalue weighted by atomic mass is 9.85. The van der Waals surface area contributed by atoms with Crippen molar-refractivity contribution < 1.29 is 32.9 Å². The predicted molar refractivity (Wildman–Crippen MR) is 141 cm³/mol. The standard InChI is InChI=1S/C29H26F3N5O4/c30-19-8-20-22(37-21(9-23(38)26(37)35-20)17-3-1-2-4-24(17)41-28(31)32)7-18(19)16-10-33-29(34-11-16)36-12-14-5-6-15(13-36)25(14)27(39)40/h1-4,7-8,10-11,14-15,21,23,25,28,38H,5-6,9,12-13H2,(H,39,40)/t14-,15+,21-,23-,25-/m1/s1. The minimum Gasteiger partial charge on any atom is -0.481 e. The number of fused-ring (bicyclic) bond motifs is 5. The summed E-state index contributed by atoms with van der Waals surface area (Å²) in [6.07, 6.45) is 4.04. The molecule has 41 heavy (non-hydrogen) atoms. The molecule has 2 fully saturated rings. The monoisotopic (exact) mass is 565 g/mol. The fourth-order valence-corrected chi connectivity index (χ4v) is 6.98. The molecule has 0 spiro atoms. The second-order valence-electron chi connectivity index (χ2n) is 11.0. The Kier molecular flexibility index (Phi) is 6.11. The number of benzene rings is 2. The lowest BCUT2D eigenvalue weighted by Crippen LogP contribution is -2.45. The number of piperidine rings is 1. The number of alkyl halides is 2. The largest absolute Gasteiger partial charge is 0.481 e. The Morgan fingerprint density at radius 2 is 1.78 bits per heavy atom. The van der Waals surface area contributed by atoms with E-state index in [9.17, 15) is 23.8 Å². The van der Waals surface area contributed by atoms with Crippen LogP contribution in [0.2, 0.25) is 0 Å². The highest BCUT2D eigenvalue weighted by Gasteiger charge is 2.46. The van der Waals surface area contributed by atoms with Gasteiger partial charge >= 0.3 is 12.6 Å². The topological polar surface area (TPSA) is 114 Å². The van der Waals surface area contributed by atoms with E-state index in [1.54, 1.807) is 28.8 Å². The highest BCUT2D eigenvalue weighted by Crippen LogP contribution is 2.45. The first-order chi connectivity index (χ1) is 19.8. The van der Waals surface area contributed by atoms with Gasteiger partial charge in [-0.15, -0.1) is 0 Å². The number of carbonyl (C=O) groups is 1. The van der Waals surface area contributed by atoms with Crippen molar-refractivity contribution in [2.45, 2.75) is 38.0 Å². The highest BCUT2D eigenvalue weighted by molar-refractivity contribution is 5.83. The third-order valence-electron chi connectivity index (χ3n) is 8.71. The summed E-state index contributed by atoms with van der Waals surface area (Å²) in [6.45, 7) is -1.88. The van der Waals surface area contributed by atoms with Crippen LogP contribution in [0.4, 0.5) is 19.1 Å². The molecule has 0 amide bonds. The molecule has 2 aromatic heterocycles. The number of aliphatic hydroxyl groups is 1. The van der Waals surface area contributed by atoms with Gasteiger partial charge in [-0.25, -0.2) is 19.3 Å². The van der Waals surface area contributed by atoms with Crippen molar-refractivity contribution in [1.29, 1.82) is 0 Å². The van der Waals surface area contributed by atoms with Gasteiger partial charge in [0.1, 0.15) is 23.5 Å². The van der Waals surface area contributed by atoms with E-state index in [0.29, 0.717) is 47.0 Å². The number of hydrogen-bond donors (Lipinski definition) is 2. The SMILES string of the molecule is O=C(O)[C@@H]1[C@@H]2CC[C@H]1CN(c1ncc(-c3cc4c(cc3F)nc3n4[C@@H](c4ccccc4OC(F)F)C[C@H]3O)cn1)C2. The molecular formula is C29H26F3N5O4. The van der Waals surface area contributed by atoms with Gasteiger partial charge in [-0.3, -0.25) is 4.79 Å². The molecule has 212 valence electrons. The average molecular weight is 566 g/mol. The molecule has 2 aromatic carbocycles. The second kappa shape index (κ2) is 9.72. The van der Waals surface area contributed by atoms with Gasteiger partial charge in [0.25, 0.3) is 0 Å². The number of ether oxygens (including phenoxy) is 1. The maximum absolute atomic E-state index is 15.3. The van der Waals surface area contributed by atoms with E-state index in [4.69, 9.17) is 4.74 Å². The molecule has 0 unspecified atom stereocenters. The number of imidazole rings is 1. The van der Waals surface area contributed by atoms with Crippen molar-refractivity contribution in [3.63, 3.8) is 0 Å². The van der Waals surface area contributed by atoms with Crippen LogP contribution in [0.5, 0.6) is 5.75 Å². The molecule has 0 radical (unpaired) electrons. The Bertz CT molecular complexity index is 1630. The van der Waals surface area contributed by atoms with Crippen molar-refractivity contribution >= 4 is 23.0 Å². The highest BCUT2D eigenvalue weighted by atomic mass is 19.3. The first kappa shape index (κ1) is 25.8. The smallest absolute Gasteiger partial charge is 0.387 e. The van der Waals surface area contributed by atoms with Crippen LogP contribution in [0.3, 0.4) is 0 Å². The van der Waals surface area contributed by atoms with Crippen molar-refractivity contribution in [2.24, 2.45) is 17.8 Å². The molecule has 12 heteroatoms. The fourth-order valence-electron chi connectivity index (χ4n) is 6.98. The van der Waals surface area contributed by atoms with Crippen LogP contribution in [0, 0.1) is 23.6 Å². The third kappa shape index (κ3) is 4.28. The Balaban J connectivity index is 1.22. The molecule has 2 aliphatic heterocycles. The number of aliphatic carboxylic acids is 1. The van der Waals surface area contributed by atoms with E-state index in [-0.39, 0.29) is 35.5 Å². The van der Waals surface area contributed by atoms with E-state index in [0.717, 1.165) is 12.8 Å². The lowest BCUT2D eigenvalue weighted by molar-refractivity contribution is -0.144. The first-order valence-corrected chi connectivity index (χ1v) is 13.5. The van der Waals surface area contributed by atoms with Crippen LogP contribution in [0.15, 0.2) is 48.8 Å². The van der Waals surface area contributed by atoms with E-state index in [1.807, 2.05) is 4.90 Å². The molecule has 1 saturated carbocycles. The molecule has 4 aromatic rings. The Labute approximate surface area is 232 Å². The molecule has 4 heterocycles. The molecule has 2 N–H and O–H groups in total. The van der Waals surface area contributed by atoms with Gasteiger partial charge in [0.2, 0.25) is 5.95 Å². The number of nitrogens with zero attached hydrogens (tertiary/aromatic N) is 5. The zero-order valence-electron chi connectivity index (χ0n) is 21.7. The van der Waals surface area contributed by atoms with Gasteiger partial charge in [-0.1, -0.05) is 18.2 Å². The number of aliphatic hydroxyl groups excluding tert-OH is 1. The quantitative estimate of drug-likeness (QED) is 0.343. The number of aromatic nitrogens is 4. The summed E-state index contributed by atoms with van der Waals surface area (Å²) in [4.78, 5) is 27.1. The van der Waals surface area contributed by atoms with Gasteiger partial charge < -0.3 is 24.4 Å². The minimum atomic E-state index is -3.01. The number of halogens is 3. The number of hydrogen-bond acceptors (Lipinski definition) is 7. The third-order valence-corrected chi connectivity index (χ3v) is 8.71. The summed E-state index contributed by atoms with van der Waals surface area (Å²) >= 11 is 0. The van der Waals surface area contributed by atoms with Crippen LogP contribution in [0.1, 0.15) is 42.8 Å². The van der Waals surface area contributed by atoms with Crippen molar-refractivity contribution in [3.05, 3.63) is 66.0 Å². The van der Waals surface area contributed by atoms with Crippen LogP contribution < -0.4 is 9.64 Å². The normalized spacial score (nSPS) is 25.2. The molecular weight excluding hydrogens is 539 g/mol. The summed E-state index contributed by atoms with van der Waals surface area (Å²) in [5, 5.41) is 20.3. The van der Waals surface area contributed by atoms with Crippen LogP contribution in [-0.2, 0) is 4.79 Å². The summed E-state index contributed by atoms with van der Waals surface area (Å²) < 4.78 is 48.0. The Morgan fingerprint density at radius 1 is 1.07 bits per heavy atom. The lowest BCUT2D eigenvalue weighted by Gasteiger charge is -2.35. The zero-order valence-corrected chi connectivity index (χ0v) is 21.7. The average Bonchev–Trinajstić information content (AvgIpc) is 3.56. The van der Waals surface area contributed by atoms with Gasteiger partial charge in [0.05, 0.1) is 23.0 Å². The second-order valence-corrected chi connectivity index (χ2v) is 11.0. The van der Waals surface area contributed by atoms with Crippen molar-refractivity contribution in [2.75, 3.05) is 18.0 Å². The summed E-state index contributed by atoms with van der Waals surface area (Å²) in [5.74, 6) is -0.722. The molecule has 7 rings (SSSR count). The van der Waals surface area contributed by atoms with E-state index in [1.165, 1.54) is 24.5 Å². The number of carboxylic acids is 1. The predicted octanol–water partition coefficient (Wildman–Crippen LogP) is 4.81. The molecule has 9 nitrogen and oxygen atoms in total. The number of carboxylic acid groups (broad SMARTS) is 1. The summed E-state index contributed by atoms with van der Waals surface area (Å²) in [5.41, 5.74) is 1.98. The molecule has 5 atom stereocenters. The van der Waals surface area contributed by atoms with Crippen molar-refractivity contribution in [3.8, 4) is 16.9 Å². The van der Waals surface area contributed by atoms with Gasteiger partial charge in [-0.05, 0) is 36.8 Å². The molecule has 1 saturated heterocycles.